The molecule has 0 amide bonds. The van der Waals surface area contributed by atoms with Gasteiger partial charge in [-0.2, -0.15) is 0 Å². The minimum atomic E-state index is 0.663. The summed E-state index contributed by atoms with van der Waals surface area (Å²) in [7, 11) is 5.47. The molecule has 1 heterocycles. The molecule has 4 nitrogen and oxygen atoms in total. The number of likely N-dealkylation sites (tertiary alicyclic amines) is 1. The van der Waals surface area contributed by atoms with E-state index in [4.69, 9.17) is 9.47 Å². The number of ether oxygens (including phenoxy) is 2. The fraction of sp³-hybridized carbons (Fsp3) is 0.600. The number of hydrogen-bond donors (Lipinski definition) is 1. The Hall–Kier alpha value is -1.26. The molecular weight excluding hydrogens is 240 g/mol. The lowest BCUT2D eigenvalue weighted by molar-refractivity contribution is 0.190. The Morgan fingerprint density at radius 1 is 1.16 bits per heavy atom. The average Bonchev–Trinajstić information content (AvgIpc) is 2.48. The van der Waals surface area contributed by atoms with E-state index in [-0.39, 0.29) is 0 Å². The van der Waals surface area contributed by atoms with Crippen molar-refractivity contribution in [3.8, 4) is 11.5 Å². The van der Waals surface area contributed by atoms with Crippen molar-refractivity contribution in [2.24, 2.45) is 0 Å². The molecule has 0 saturated carbocycles. The maximum absolute atomic E-state index is 5.45. The third-order valence-electron chi connectivity index (χ3n) is 3.91. The van der Waals surface area contributed by atoms with Gasteiger partial charge in [0, 0.05) is 12.6 Å². The summed E-state index contributed by atoms with van der Waals surface area (Å²) < 4.78 is 10.9. The van der Waals surface area contributed by atoms with Gasteiger partial charge in [-0.05, 0) is 45.1 Å². The van der Waals surface area contributed by atoms with Gasteiger partial charge in [0.25, 0.3) is 0 Å². The first-order valence-electron chi connectivity index (χ1n) is 6.88. The van der Waals surface area contributed by atoms with Crippen molar-refractivity contribution in [2.45, 2.75) is 25.4 Å². The Balaban J connectivity index is 2.06. The Bertz CT molecular complexity index is 379. The molecule has 0 bridgehead atoms. The molecule has 0 aromatic heterocycles. The molecular formula is C15H24N2O2. The fourth-order valence-corrected chi connectivity index (χ4v) is 2.69. The Kier molecular flexibility index (Phi) is 5.05. The molecule has 0 spiro atoms. The van der Waals surface area contributed by atoms with Crippen LogP contribution < -0.4 is 14.8 Å². The van der Waals surface area contributed by atoms with Crippen LogP contribution in [0.25, 0.3) is 0 Å². The van der Waals surface area contributed by atoms with E-state index >= 15 is 0 Å². The van der Waals surface area contributed by atoms with Crippen LogP contribution in [0, 0.1) is 0 Å². The van der Waals surface area contributed by atoms with Gasteiger partial charge in [0.1, 0.15) is 11.5 Å². The van der Waals surface area contributed by atoms with Gasteiger partial charge in [-0.25, -0.2) is 0 Å². The van der Waals surface area contributed by atoms with E-state index in [9.17, 15) is 0 Å². The van der Waals surface area contributed by atoms with Crippen LogP contribution in [0.5, 0.6) is 11.5 Å². The first-order valence-corrected chi connectivity index (χ1v) is 6.88. The summed E-state index contributed by atoms with van der Waals surface area (Å²) >= 11 is 0. The Labute approximate surface area is 115 Å². The molecule has 106 valence electrons. The molecule has 4 heteroatoms. The smallest absolute Gasteiger partial charge is 0.127 e. The lowest BCUT2D eigenvalue weighted by Crippen LogP contribution is -2.40. The topological polar surface area (TPSA) is 33.7 Å². The zero-order valence-electron chi connectivity index (χ0n) is 12.1. The maximum Gasteiger partial charge on any atom is 0.127 e. The van der Waals surface area contributed by atoms with Gasteiger partial charge >= 0.3 is 0 Å². The first-order chi connectivity index (χ1) is 9.28. The van der Waals surface area contributed by atoms with Gasteiger partial charge in [0.05, 0.1) is 19.8 Å². The Morgan fingerprint density at radius 3 is 2.21 bits per heavy atom. The van der Waals surface area contributed by atoms with Gasteiger partial charge in [0.15, 0.2) is 0 Å². The molecule has 2 rings (SSSR count). The van der Waals surface area contributed by atoms with Crippen molar-refractivity contribution in [3.05, 3.63) is 23.8 Å². The van der Waals surface area contributed by atoms with Crippen molar-refractivity contribution in [3.63, 3.8) is 0 Å². The highest BCUT2D eigenvalue weighted by Crippen LogP contribution is 2.30. The quantitative estimate of drug-likeness (QED) is 0.880. The van der Waals surface area contributed by atoms with E-state index in [2.05, 4.69) is 10.2 Å². The first kappa shape index (κ1) is 14.2. The summed E-state index contributed by atoms with van der Waals surface area (Å²) in [6, 6.07) is 6.63. The summed E-state index contributed by atoms with van der Waals surface area (Å²) in [6.45, 7) is 3.13. The molecule has 1 saturated heterocycles. The average molecular weight is 264 g/mol. The number of benzene rings is 1. The Morgan fingerprint density at radius 2 is 1.74 bits per heavy atom. The number of rotatable bonds is 5. The van der Waals surface area contributed by atoms with Crippen molar-refractivity contribution in [1.82, 2.24) is 10.2 Å². The van der Waals surface area contributed by atoms with Crippen LogP contribution in [0.3, 0.4) is 0 Å². The second-order valence-corrected chi connectivity index (χ2v) is 4.98. The predicted molar refractivity (Wildman–Crippen MR) is 76.9 cm³/mol. The van der Waals surface area contributed by atoms with E-state index < -0.39 is 0 Å². The van der Waals surface area contributed by atoms with E-state index in [0.29, 0.717) is 6.04 Å². The SMILES string of the molecule is CNC1CCN(Cc2c(OC)cccc2OC)CC1. The number of nitrogens with one attached hydrogen (secondary N) is 1. The number of piperidine rings is 1. The molecule has 19 heavy (non-hydrogen) atoms. The van der Waals surface area contributed by atoms with Crippen LogP contribution >= 0.6 is 0 Å². The summed E-state index contributed by atoms with van der Waals surface area (Å²) in [5.74, 6) is 1.82. The maximum atomic E-state index is 5.45. The fourth-order valence-electron chi connectivity index (χ4n) is 2.69. The molecule has 1 aromatic rings. The molecule has 1 aromatic carbocycles. The van der Waals surface area contributed by atoms with Crippen LogP contribution in [0.2, 0.25) is 0 Å². The normalized spacial score (nSPS) is 17.4. The van der Waals surface area contributed by atoms with Gasteiger partial charge in [0.2, 0.25) is 0 Å². The van der Waals surface area contributed by atoms with E-state index in [1.807, 2.05) is 25.2 Å². The molecule has 0 radical (unpaired) electrons. The van der Waals surface area contributed by atoms with E-state index in [1.54, 1.807) is 14.2 Å². The largest absolute Gasteiger partial charge is 0.496 e. The molecule has 0 unspecified atom stereocenters. The summed E-state index contributed by atoms with van der Waals surface area (Å²) in [5.41, 5.74) is 1.15. The molecule has 0 atom stereocenters. The number of hydrogen-bond acceptors (Lipinski definition) is 4. The van der Waals surface area contributed by atoms with Crippen LogP contribution in [0.15, 0.2) is 18.2 Å². The molecule has 0 aliphatic carbocycles. The summed E-state index contributed by atoms with van der Waals surface area (Å²) in [4.78, 5) is 2.47. The third kappa shape index (κ3) is 3.39. The van der Waals surface area contributed by atoms with Gasteiger partial charge in [-0.1, -0.05) is 6.07 Å². The lowest BCUT2D eigenvalue weighted by atomic mass is 10.0. The second-order valence-electron chi connectivity index (χ2n) is 4.98. The molecule has 1 aliphatic heterocycles. The zero-order chi connectivity index (χ0) is 13.7. The number of methoxy groups -OCH3 is 2. The van der Waals surface area contributed by atoms with Crippen molar-refractivity contribution in [2.75, 3.05) is 34.4 Å². The van der Waals surface area contributed by atoms with Crippen molar-refractivity contribution >= 4 is 0 Å². The van der Waals surface area contributed by atoms with E-state index in [1.165, 1.54) is 12.8 Å². The van der Waals surface area contributed by atoms with Crippen molar-refractivity contribution in [1.29, 1.82) is 0 Å². The minimum Gasteiger partial charge on any atom is -0.496 e. The third-order valence-corrected chi connectivity index (χ3v) is 3.91. The van der Waals surface area contributed by atoms with Crippen molar-refractivity contribution < 1.29 is 9.47 Å². The van der Waals surface area contributed by atoms with Crippen LogP contribution in [0.4, 0.5) is 0 Å². The minimum absolute atomic E-state index is 0.663. The molecule has 1 fully saturated rings. The molecule has 1 N–H and O–H groups in total. The second kappa shape index (κ2) is 6.78. The van der Waals surface area contributed by atoms with Crippen LogP contribution in [-0.2, 0) is 6.54 Å². The van der Waals surface area contributed by atoms with Gasteiger partial charge < -0.3 is 14.8 Å². The highest BCUT2D eigenvalue weighted by molar-refractivity contribution is 5.44. The monoisotopic (exact) mass is 264 g/mol. The summed E-state index contributed by atoms with van der Waals surface area (Å²) in [5, 5.41) is 3.36. The van der Waals surface area contributed by atoms with Crippen LogP contribution in [-0.4, -0.2) is 45.3 Å². The molecule has 1 aliphatic rings. The highest BCUT2D eigenvalue weighted by Gasteiger charge is 2.20. The number of nitrogens with zero attached hydrogens (tertiary/aromatic N) is 1. The lowest BCUT2D eigenvalue weighted by Gasteiger charge is -2.32. The van der Waals surface area contributed by atoms with E-state index in [0.717, 1.165) is 36.7 Å². The highest BCUT2D eigenvalue weighted by atomic mass is 16.5. The summed E-state index contributed by atoms with van der Waals surface area (Å²) in [6.07, 6.45) is 2.40. The van der Waals surface area contributed by atoms with Crippen LogP contribution in [0.1, 0.15) is 18.4 Å². The van der Waals surface area contributed by atoms with Gasteiger partial charge in [-0.15, -0.1) is 0 Å². The van der Waals surface area contributed by atoms with Gasteiger partial charge in [-0.3, -0.25) is 4.90 Å². The standard InChI is InChI=1S/C15H24N2O2/c1-16-12-7-9-17(10-8-12)11-13-14(18-2)5-4-6-15(13)19-3/h4-6,12,16H,7-11H2,1-3H3. The predicted octanol–water partition coefficient (Wildman–Crippen LogP) is 1.89. The zero-order valence-corrected chi connectivity index (χ0v) is 12.1.